The van der Waals surface area contributed by atoms with Gasteiger partial charge in [0.1, 0.15) is 18.8 Å². The molecule has 1 unspecified atom stereocenters. The number of sulfonamides is 2. The SMILES string of the molecule is COc1ccc(S(=O)(=O)N(CC(N)=O)c2ccc(N(CC(N)=O)S(=O)(=O)c3ccc(S(=O)CCCN=C=S)cc3)c3ccccc23)cc1. The van der Waals surface area contributed by atoms with Crippen molar-refractivity contribution in [3.63, 3.8) is 0 Å². The molecule has 0 aliphatic carbocycles. The quantitative estimate of drug-likeness (QED) is 0.0989. The summed E-state index contributed by atoms with van der Waals surface area (Å²) in [6.45, 7) is -1.12. The highest BCUT2D eigenvalue weighted by Crippen LogP contribution is 2.38. The Kier molecular flexibility index (Phi) is 11.7. The molecule has 4 aromatic carbocycles. The van der Waals surface area contributed by atoms with E-state index >= 15 is 0 Å². The summed E-state index contributed by atoms with van der Waals surface area (Å²) in [7, 11) is -8.83. The van der Waals surface area contributed by atoms with E-state index in [1.54, 1.807) is 24.3 Å². The number of hydrogen-bond acceptors (Lipinski definition) is 10. The van der Waals surface area contributed by atoms with E-state index in [0.29, 0.717) is 23.6 Å². The number of nitrogens with two attached hydrogens (primary N) is 2. The monoisotopic (exact) mass is 729 g/mol. The molecule has 0 saturated heterocycles. The van der Waals surface area contributed by atoms with E-state index in [1.165, 1.54) is 67.8 Å². The summed E-state index contributed by atoms with van der Waals surface area (Å²) in [6, 6.07) is 19.9. The minimum Gasteiger partial charge on any atom is -0.497 e. The van der Waals surface area contributed by atoms with Crippen molar-refractivity contribution in [3.05, 3.63) is 84.9 Å². The molecule has 48 heavy (non-hydrogen) atoms. The number of rotatable bonds is 16. The summed E-state index contributed by atoms with van der Waals surface area (Å²) >= 11 is 4.53. The lowest BCUT2D eigenvalue weighted by molar-refractivity contribution is -0.117. The zero-order chi connectivity index (χ0) is 35.1. The molecule has 0 spiro atoms. The van der Waals surface area contributed by atoms with Gasteiger partial charge in [0.25, 0.3) is 20.0 Å². The number of hydrogen-bond donors (Lipinski definition) is 2. The van der Waals surface area contributed by atoms with Crippen LogP contribution in [0.2, 0.25) is 0 Å². The van der Waals surface area contributed by atoms with Gasteiger partial charge in [0.15, 0.2) is 0 Å². The van der Waals surface area contributed by atoms with Crippen LogP contribution in [0.3, 0.4) is 0 Å². The lowest BCUT2D eigenvalue weighted by Gasteiger charge is -2.28. The topological polar surface area (TPSA) is 200 Å². The second-order valence-electron chi connectivity index (χ2n) is 10.1. The van der Waals surface area contributed by atoms with Crippen molar-refractivity contribution < 1.29 is 35.4 Å². The van der Waals surface area contributed by atoms with Crippen molar-refractivity contribution in [2.24, 2.45) is 16.5 Å². The first kappa shape index (κ1) is 36.2. The van der Waals surface area contributed by atoms with Gasteiger partial charge >= 0.3 is 0 Å². The normalized spacial score (nSPS) is 12.1. The number of nitrogens with zero attached hydrogens (tertiary/aromatic N) is 3. The molecule has 4 N–H and O–H groups in total. The maximum absolute atomic E-state index is 14.0. The largest absolute Gasteiger partial charge is 0.497 e. The first-order valence-electron chi connectivity index (χ1n) is 14.1. The molecule has 0 fully saturated rings. The van der Waals surface area contributed by atoms with E-state index in [9.17, 15) is 30.6 Å². The Morgan fingerprint density at radius 2 is 1.25 bits per heavy atom. The van der Waals surface area contributed by atoms with Crippen LogP contribution in [0.1, 0.15) is 6.42 Å². The molecule has 0 radical (unpaired) electrons. The third kappa shape index (κ3) is 8.06. The summed E-state index contributed by atoms with van der Waals surface area (Å²) in [6.07, 6.45) is 0.490. The zero-order valence-electron chi connectivity index (χ0n) is 25.5. The van der Waals surface area contributed by atoms with Crippen LogP contribution in [0.15, 0.2) is 105 Å². The molecule has 1 atom stereocenters. The Hall–Kier alpha value is -4.67. The molecule has 0 aromatic heterocycles. The van der Waals surface area contributed by atoms with Gasteiger partial charge in [-0.05, 0) is 79.3 Å². The van der Waals surface area contributed by atoms with Gasteiger partial charge in [0.05, 0.1) is 50.8 Å². The predicted octanol–water partition coefficient (Wildman–Crippen LogP) is 2.81. The number of benzene rings is 4. The van der Waals surface area contributed by atoms with Crippen molar-refractivity contribution in [2.45, 2.75) is 21.1 Å². The lowest BCUT2D eigenvalue weighted by atomic mass is 10.1. The highest BCUT2D eigenvalue weighted by atomic mass is 32.2. The third-order valence-corrected chi connectivity index (χ3v) is 12.1. The van der Waals surface area contributed by atoms with Crippen LogP contribution in [-0.4, -0.2) is 70.5 Å². The average molecular weight is 730 g/mol. The molecule has 2 amide bonds. The van der Waals surface area contributed by atoms with Crippen LogP contribution in [0.25, 0.3) is 10.8 Å². The van der Waals surface area contributed by atoms with Crippen molar-refractivity contribution in [2.75, 3.05) is 41.1 Å². The number of carbonyl (C=O) groups is 2. The van der Waals surface area contributed by atoms with Crippen molar-refractivity contribution in [3.8, 4) is 5.75 Å². The molecular weight excluding hydrogens is 699 g/mol. The smallest absolute Gasteiger partial charge is 0.264 e. The fraction of sp³-hybridized carbons (Fsp3) is 0.194. The molecule has 0 aliphatic heterocycles. The van der Waals surface area contributed by atoms with Gasteiger partial charge in [-0.15, -0.1) is 0 Å². The van der Waals surface area contributed by atoms with Crippen LogP contribution in [-0.2, 0) is 40.4 Å². The molecular formula is C31H31N5O8S4. The number of fused-ring (bicyclic) bond motifs is 1. The highest BCUT2D eigenvalue weighted by Gasteiger charge is 2.32. The van der Waals surface area contributed by atoms with Gasteiger partial charge in [-0.2, -0.15) is 0 Å². The predicted molar refractivity (Wildman–Crippen MR) is 187 cm³/mol. The number of ether oxygens (including phenoxy) is 1. The second-order valence-corrected chi connectivity index (χ2v) is 15.6. The lowest BCUT2D eigenvalue weighted by Crippen LogP contribution is -2.39. The standard InChI is InChI=1S/C31H31N5O8S4/c1-44-22-7-11-24(12-8-22)47(40,41)35(19-30(32)37)28-15-16-29(27-6-3-2-5-26(27)28)36(20-31(33)38)48(42,43)25-13-9-23(10-14-25)46(39)18-4-17-34-21-45/h2-3,5-16H,4,17-20H2,1H3,(H2,32,37)(H2,33,38). The number of isothiocyanates is 1. The van der Waals surface area contributed by atoms with Gasteiger partial charge in [-0.3, -0.25) is 22.4 Å². The van der Waals surface area contributed by atoms with Crippen LogP contribution in [0.5, 0.6) is 5.75 Å². The third-order valence-electron chi connectivity index (χ3n) is 7.00. The van der Waals surface area contributed by atoms with Crippen molar-refractivity contribution >= 4 is 82.2 Å². The molecule has 252 valence electrons. The van der Waals surface area contributed by atoms with E-state index in [2.05, 4.69) is 22.4 Å². The van der Waals surface area contributed by atoms with Gasteiger partial charge in [-0.25, -0.2) is 21.8 Å². The molecule has 0 aliphatic rings. The summed E-state index contributed by atoms with van der Waals surface area (Å²) in [4.78, 5) is 28.2. The van der Waals surface area contributed by atoms with Gasteiger partial charge in [0, 0.05) is 21.4 Å². The first-order chi connectivity index (χ1) is 22.8. The maximum atomic E-state index is 14.0. The molecule has 0 saturated carbocycles. The number of thiocarbonyl (C=S) groups is 1. The van der Waals surface area contributed by atoms with Gasteiger partial charge in [-0.1, -0.05) is 24.3 Å². The Bertz CT molecular complexity index is 2120. The summed E-state index contributed by atoms with van der Waals surface area (Å²) < 4.78 is 75.2. The van der Waals surface area contributed by atoms with E-state index < -0.39 is 55.8 Å². The summed E-state index contributed by atoms with van der Waals surface area (Å²) in [5.41, 5.74) is 11.0. The number of methoxy groups -OCH3 is 1. The molecule has 13 nitrogen and oxygen atoms in total. The zero-order valence-corrected chi connectivity index (χ0v) is 28.8. The van der Waals surface area contributed by atoms with Crippen molar-refractivity contribution in [1.82, 2.24) is 0 Å². The Morgan fingerprint density at radius 1 is 0.792 bits per heavy atom. The summed E-state index contributed by atoms with van der Waals surface area (Å²) in [5, 5.41) is 2.71. The molecule has 0 bridgehead atoms. The van der Waals surface area contributed by atoms with Crippen LogP contribution in [0, 0.1) is 0 Å². The highest BCUT2D eigenvalue weighted by molar-refractivity contribution is 7.93. The first-order valence-corrected chi connectivity index (χ1v) is 18.7. The number of carbonyl (C=O) groups excluding carboxylic acids is 2. The summed E-state index contributed by atoms with van der Waals surface area (Å²) in [5.74, 6) is -1.21. The molecule has 4 aromatic rings. The fourth-order valence-corrected chi connectivity index (χ4v) is 8.85. The Morgan fingerprint density at radius 3 is 1.67 bits per heavy atom. The maximum Gasteiger partial charge on any atom is 0.264 e. The second kappa shape index (κ2) is 15.5. The van der Waals surface area contributed by atoms with E-state index in [1.807, 2.05) is 0 Å². The number of aliphatic imine (C=N–C) groups is 1. The van der Waals surface area contributed by atoms with Crippen LogP contribution >= 0.6 is 12.2 Å². The Balaban J connectivity index is 1.81. The van der Waals surface area contributed by atoms with E-state index in [4.69, 9.17) is 16.2 Å². The van der Waals surface area contributed by atoms with Crippen LogP contribution < -0.4 is 24.8 Å². The Labute approximate surface area is 285 Å². The van der Waals surface area contributed by atoms with E-state index in [0.717, 1.165) is 8.61 Å². The molecule has 17 heteroatoms. The van der Waals surface area contributed by atoms with Gasteiger partial charge < -0.3 is 16.2 Å². The number of amides is 2. The molecule has 0 heterocycles. The number of primary amides is 2. The van der Waals surface area contributed by atoms with Crippen molar-refractivity contribution in [1.29, 1.82) is 0 Å². The minimum atomic E-state index is -4.46. The van der Waals surface area contributed by atoms with Gasteiger partial charge in [0.2, 0.25) is 11.8 Å². The average Bonchev–Trinajstić information content (AvgIpc) is 3.07. The minimum absolute atomic E-state index is 0.0146. The van der Waals surface area contributed by atoms with Crippen LogP contribution in [0.4, 0.5) is 11.4 Å². The van der Waals surface area contributed by atoms with E-state index in [-0.39, 0.29) is 37.7 Å². The fourth-order valence-electron chi connectivity index (χ4n) is 4.79. The molecule has 4 rings (SSSR count). The number of anilines is 2.